The van der Waals surface area contributed by atoms with E-state index in [0.29, 0.717) is 12.1 Å². The number of amides is 2. The zero-order valence-corrected chi connectivity index (χ0v) is 15.7. The average Bonchev–Trinajstić information content (AvgIpc) is 3.16. The smallest absolute Gasteiger partial charge is 0.251 e. The largest absolute Gasteiger partial charge is 0.350 e. The number of aromatic nitrogens is 1. The highest BCUT2D eigenvalue weighted by molar-refractivity contribution is 5.95. The lowest BCUT2D eigenvalue weighted by molar-refractivity contribution is -0.122. The minimum absolute atomic E-state index is 0.00515. The van der Waals surface area contributed by atoms with Gasteiger partial charge in [0.15, 0.2) is 0 Å². The summed E-state index contributed by atoms with van der Waals surface area (Å²) >= 11 is 0. The molecule has 1 fully saturated rings. The van der Waals surface area contributed by atoms with E-state index in [1.54, 1.807) is 0 Å². The van der Waals surface area contributed by atoms with E-state index in [4.69, 9.17) is 0 Å². The summed E-state index contributed by atoms with van der Waals surface area (Å²) in [6.45, 7) is 6.26. The van der Waals surface area contributed by atoms with Crippen molar-refractivity contribution in [3.8, 4) is 0 Å². The molecular formula is C21H27N3O2. The summed E-state index contributed by atoms with van der Waals surface area (Å²) in [4.78, 5) is 25.1. The van der Waals surface area contributed by atoms with Crippen molar-refractivity contribution in [2.24, 2.45) is 0 Å². The summed E-state index contributed by atoms with van der Waals surface area (Å²) in [5.41, 5.74) is 3.81. The zero-order chi connectivity index (χ0) is 18.7. The van der Waals surface area contributed by atoms with Crippen LogP contribution >= 0.6 is 0 Å². The number of carbonyl (C=O) groups excluding carboxylic acids is 2. The van der Waals surface area contributed by atoms with Gasteiger partial charge in [0.05, 0.1) is 0 Å². The molecule has 0 radical (unpaired) electrons. The topological polar surface area (TPSA) is 63.1 Å². The summed E-state index contributed by atoms with van der Waals surface area (Å²) in [7, 11) is 0. The fourth-order valence-corrected chi connectivity index (χ4v) is 3.72. The van der Waals surface area contributed by atoms with Gasteiger partial charge in [0.2, 0.25) is 5.91 Å². The number of rotatable bonds is 5. The van der Waals surface area contributed by atoms with Crippen LogP contribution in [0.4, 0.5) is 0 Å². The Morgan fingerprint density at radius 1 is 0.962 bits per heavy atom. The fourth-order valence-electron chi connectivity index (χ4n) is 3.72. The Morgan fingerprint density at radius 3 is 2.23 bits per heavy atom. The van der Waals surface area contributed by atoms with E-state index in [1.165, 1.54) is 0 Å². The summed E-state index contributed by atoms with van der Waals surface area (Å²) in [5, 5.41) is 6.23. The molecule has 1 aliphatic carbocycles. The van der Waals surface area contributed by atoms with Crippen molar-refractivity contribution in [1.29, 1.82) is 0 Å². The lowest BCUT2D eigenvalue weighted by atomic mass is 10.1. The minimum atomic E-state index is -0.0636. The van der Waals surface area contributed by atoms with Crippen molar-refractivity contribution in [1.82, 2.24) is 15.2 Å². The highest BCUT2D eigenvalue weighted by atomic mass is 16.2. The summed E-state index contributed by atoms with van der Waals surface area (Å²) in [5.74, 6) is -0.0687. The molecule has 2 atom stereocenters. The molecule has 26 heavy (non-hydrogen) atoms. The fraction of sp³-hybridized carbons (Fsp3) is 0.429. The molecule has 0 saturated heterocycles. The lowest BCUT2D eigenvalue weighted by Crippen LogP contribution is -2.49. The quantitative estimate of drug-likeness (QED) is 0.868. The number of benzene rings is 1. The van der Waals surface area contributed by atoms with Gasteiger partial charge in [-0.25, -0.2) is 0 Å². The van der Waals surface area contributed by atoms with E-state index in [-0.39, 0.29) is 23.9 Å². The van der Waals surface area contributed by atoms with Crippen LogP contribution in [-0.2, 0) is 11.3 Å². The Hall–Kier alpha value is -2.56. The van der Waals surface area contributed by atoms with E-state index in [1.807, 2.05) is 61.7 Å². The van der Waals surface area contributed by atoms with E-state index in [0.717, 1.165) is 36.2 Å². The molecule has 0 unspecified atom stereocenters. The molecule has 0 bridgehead atoms. The van der Waals surface area contributed by atoms with Crippen molar-refractivity contribution < 1.29 is 9.59 Å². The maximum absolute atomic E-state index is 12.6. The van der Waals surface area contributed by atoms with Crippen LogP contribution in [0.1, 0.15) is 46.6 Å². The van der Waals surface area contributed by atoms with Crippen LogP contribution in [0, 0.1) is 20.8 Å². The Morgan fingerprint density at radius 2 is 1.58 bits per heavy atom. The first-order valence-corrected chi connectivity index (χ1v) is 9.24. The third-order valence-electron chi connectivity index (χ3n) is 5.29. The second-order valence-electron chi connectivity index (χ2n) is 7.20. The van der Waals surface area contributed by atoms with Gasteiger partial charge in [-0.2, -0.15) is 0 Å². The van der Waals surface area contributed by atoms with Gasteiger partial charge in [0.1, 0.15) is 6.54 Å². The van der Waals surface area contributed by atoms with Gasteiger partial charge in [0.25, 0.3) is 5.91 Å². The van der Waals surface area contributed by atoms with Crippen molar-refractivity contribution >= 4 is 11.8 Å². The van der Waals surface area contributed by atoms with Crippen LogP contribution in [0.25, 0.3) is 0 Å². The Kier molecular flexibility index (Phi) is 5.45. The first-order valence-electron chi connectivity index (χ1n) is 9.24. The number of carbonyl (C=O) groups is 2. The van der Waals surface area contributed by atoms with E-state index in [9.17, 15) is 9.59 Å². The second-order valence-corrected chi connectivity index (χ2v) is 7.20. The van der Waals surface area contributed by atoms with Gasteiger partial charge < -0.3 is 15.2 Å². The molecule has 0 aliphatic heterocycles. The Bertz CT molecular complexity index is 790. The van der Waals surface area contributed by atoms with Crippen molar-refractivity contribution in [2.45, 2.75) is 58.7 Å². The number of nitrogens with one attached hydrogen (secondary N) is 2. The molecule has 0 spiro atoms. The Balaban J connectivity index is 1.60. The van der Waals surface area contributed by atoms with Crippen LogP contribution in [0.5, 0.6) is 0 Å². The molecule has 138 valence electrons. The molecular weight excluding hydrogens is 326 g/mol. The third kappa shape index (κ3) is 3.98. The zero-order valence-electron chi connectivity index (χ0n) is 15.7. The summed E-state index contributed by atoms with van der Waals surface area (Å²) < 4.78 is 2.01. The highest BCUT2D eigenvalue weighted by Gasteiger charge is 2.30. The molecule has 1 aromatic heterocycles. The SMILES string of the molecule is Cc1ccccc1C(=O)N[C@@H]1CCC[C@@H]1NC(=O)Cn1c(C)ccc1C. The van der Waals surface area contributed by atoms with Crippen LogP contribution in [0.15, 0.2) is 36.4 Å². The standard InChI is InChI=1S/C21H27N3O2/c1-14-7-4-5-8-17(14)21(26)23-19-10-6-9-18(19)22-20(25)13-24-15(2)11-12-16(24)3/h4-5,7-8,11-12,18-19H,6,9-10,13H2,1-3H3,(H,22,25)(H,23,26)/t18-,19+/m0/s1. The number of hydrogen-bond donors (Lipinski definition) is 2. The molecule has 5 nitrogen and oxygen atoms in total. The number of hydrogen-bond acceptors (Lipinski definition) is 2. The lowest BCUT2D eigenvalue weighted by Gasteiger charge is -2.23. The summed E-state index contributed by atoms with van der Waals surface area (Å²) in [6, 6.07) is 11.6. The number of nitrogens with zero attached hydrogens (tertiary/aromatic N) is 1. The third-order valence-corrected chi connectivity index (χ3v) is 5.29. The normalized spacial score (nSPS) is 19.3. The predicted octanol–water partition coefficient (Wildman–Crippen LogP) is 2.88. The maximum Gasteiger partial charge on any atom is 0.251 e. The molecule has 2 amide bonds. The molecule has 3 rings (SSSR count). The van der Waals surface area contributed by atoms with Gasteiger partial charge in [-0.05, 0) is 63.8 Å². The van der Waals surface area contributed by atoms with Gasteiger partial charge in [-0.15, -0.1) is 0 Å². The molecule has 2 N–H and O–H groups in total. The van der Waals surface area contributed by atoms with Gasteiger partial charge in [0, 0.05) is 29.0 Å². The highest BCUT2D eigenvalue weighted by Crippen LogP contribution is 2.20. The first kappa shape index (κ1) is 18.2. The first-order chi connectivity index (χ1) is 12.5. The van der Waals surface area contributed by atoms with Crippen LogP contribution in [0.3, 0.4) is 0 Å². The van der Waals surface area contributed by atoms with Gasteiger partial charge in [-0.1, -0.05) is 18.2 Å². The minimum Gasteiger partial charge on any atom is -0.350 e. The molecule has 1 saturated carbocycles. The van der Waals surface area contributed by atoms with Crippen LogP contribution < -0.4 is 10.6 Å². The van der Waals surface area contributed by atoms with Gasteiger partial charge in [-0.3, -0.25) is 9.59 Å². The average molecular weight is 353 g/mol. The van der Waals surface area contributed by atoms with Crippen molar-refractivity contribution in [3.05, 3.63) is 58.9 Å². The maximum atomic E-state index is 12.6. The van der Waals surface area contributed by atoms with E-state index in [2.05, 4.69) is 10.6 Å². The van der Waals surface area contributed by atoms with E-state index < -0.39 is 0 Å². The molecule has 1 heterocycles. The monoisotopic (exact) mass is 353 g/mol. The van der Waals surface area contributed by atoms with Crippen molar-refractivity contribution in [3.63, 3.8) is 0 Å². The molecule has 1 aliphatic rings. The van der Waals surface area contributed by atoms with Crippen molar-refractivity contribution in [2.75, 3.05) is 0 Å². The Labute approximate surface area is 154 Å². The van der Waals surface area contributed by atoms with E-state index >= 15 is 0 Å². The van der Waals surface area contributed by atoms with Gasteiger partial charge >= 0.3 is 0 Å². The molecule has 5 heteroatoms. The van der Waals surface area contributed by atoms with Crippen LogP contribution in [0.2, 0.25) is 0 Å². The molecule has 2 aromatic rings. The number of aryl methyl sites for hydroxylation is 3. The van der Waals surface area contributed by atoms with Crippen LogP contribution in [-0.4, -0.2) is 28.5 Å². The summed E-state index contributed by atoms with van der Waals surface area (Å²) in [6.07, 6.45) is 2.80. The molecule has 1 aromatic carbocycles. The predicted molar refractivity (Wildman–Crippen MR) is 102 cm³/mol. The second kappa shape index (κ2) is 7.77.